The molecule has 1 amide bonds. The Labute approximate surface area is 128 Å². The number of carbonyl (C=O) groups excluding carboxylic acids is 1. The average molecular weight is 305 g/mol. The standard InChI is InChI=1S/C16H19NO3S/c18-8-3-4-13-10-12(11-21-13)16(19)17-7-9-20-15-6-2-1-5-14(15)17/h10-11,14-15,18H,1-2,5-9H2. The van der Waals surface area contributed by atoms with Gasteiger partial charge in [0.2, 0.25) is 0 Å². The number of nitrogens with zero attached hydrogens (tertiary/aromatic N) is 1. The second-order valence-corrected chi connectivity index (χ2v) is 6.33. The highest BCUT2D eigenvalue weighted by Crippen LogP contribution is 2.30. The predicted molar refractivity (Wildman–Crippen MR) is 81.3 cm³/mol. The summed E-state index contributed by atoms with van der Waals surface area (Å²) in [6, 6.07) is 2.05. The first-order valence-electron chi connectivity index (χ1n) is 7.40. The SMILES string of the molecule is O=C(c1csc(C#CCO)c1)N1CCOC2CCCCC21. The molecule has 1 aliphatic carbocycles. The van der Waals surface area contributed by atoms with Crippen molar-refractivity contribution in [1.82, 2.24) is 4.90 Å². The summed E-state index contributed by atoms with van der Waals surface area (Å²) in [5, 5.41) is 10.6. The summed E-state index contributed by atoms with van der Waals surface area (Å²) in [7, 11) is 0. The van der Waals surface area contributed by atoms with E-state index < -0.39 is 0 Å². The minimum absolute atomic E-state index is 0.0866. The zero-order valence-electron chi connectivity index (χ0n) is 11.9. The van der Waals surface area contributed by atoms with Gasteiger partial charge >= 0.3 is 0 Å². The molecule has 3 rings (SSSR count). The third-order valence-electron chi connectivity index (χ3n) is 4.13. The maximum absolute atomic E-state index is 12.7. The molecule has 1 saturated carbocycles. The monoisotopic (exact) mass is 305 g/mol. The fourth-order valence-electron chi connectivity index (χ4n) is 3.16. The van der Waals surface area contributed by atoms with Crippen LogP contribution in [0.25, 0.3) is 0 Å². The fraction of sp³-hybridized carbons (Fsp3) is 0.562. The highest BCUT2D eigenvalue weighted by Gasteiger charge is 2.37. The Bertz CT molecular complexity index is 570. The zero-order chi connectivity index (χ0) is 14.7. The highest BCUT2D eigenvalue weighted by atomic mass is 32.1. The van der Waals surface area contributed by atoms with Gasteiger partial charge in [-0.25, -0.2) is 0 Å². The van der Waals surface area contributed by atoms with E-state index in [-0.39, 0.29) is 24.7 Å². The lowest BCUT2D eigenvalue weighted by Gasteiger charge is -2.43. The van der Waals surface area contributed by atoms with Crippen molar-refractivity contribution in [1.29, 1.82) is 0 Å². The van der Waals surface area contributed by atoms with Crippen molar-refractivity contribution in [3.63, 3.8) is 0 Å². The third kappa shape index (κ3) is 3.13. The molecule has 0 bridgehead atoms. The fourth-order valence-corrected chi connectivity index (χ4v) is 3.90. The van der Waals surface area contributed by atoms with Crippen LogP contribution in [0, 0.1) is 11.8 Å². The van der Waals surface area contributed by atoms with Crippen LogP contribution in [0.1, 0.15) is 40.9 Å². The average Bonchev–Trinajstić information content (AvgIpc) is 3.00. The number of aliphatic hydroxyl groups excluding tert-OH is 1. The molecule has 5 heteroatoms. The van der Waals surface area contributed by atoms with Crippen molar-refractivity contribution < 1.29 is 14.6 Å². The number of ether oxygens (including phenoxy) is 1. The van der Waals surface area contributed by atoms with Gasteiger partial charge < -0.3 is 14.7 Å². The number of thiophene rings is 1. The van der Waals surface area contributed by atoms with Crippen LogP contribution in [0.5, 0.6) is 0 Å². The molecular weight excluding hydrogens is 286 g/mol. The Hall–Kier alpha value is -1.35. The van der Waals surface area contributed by atoms with Gasteiger partial charge in [0, 0.05) is 11.9 Å². The van der Waals surface area contributed by atoms with Crippen LogP contribution < -0.4 is 0 Å². The van der Waals surface area contributed by atoms with Crippen molar-refractivity contribution in [3.8, 4) is 11.8 Å². The van der Waals surface area contributed by atoms with E-state index in [1.54, 1.807) is 0 Å². The van der Waals surface area contributed by atoms with Crippen LogP contribution in [-0.4, -0.2) is 47.8 Å². The summed E-state index contributed by atoms with van der Waals surface area (Å²) >= 11 is 1.45. The number of morpholine rings is 1. The molecule has 0 radical (unpaired) electrons. The smallest absolute Gasteiger partial charge is 0.255 e. The largest absolute Gasteiger partial charge is 0.384 e. The maximum atomic E-state index is 12.7. The summed E-state index contributed by atoms with van der Waals surface area (Å²) in [4.78, 5) is 15.5. The van der Waals surface area contributed by atoms with E-state index in [1.807, 2.05) is 16.3 Å². The van der Waals surface area contributed by atoms with Crippen LogP contribution in [0.4, 0.5) is 0 Å². The second-order valence-electron chi connectivity index (χ2n) is 5.42. The molecule has 2 unspecified atom stereocenters. The molecule has 1 saturated heterocycles. The normalized spacial score (nSPS) is 24.9. The van der Waals surface area contributed by atoms with E-state index in [0.29, 0.717) is 18.7 Å². The van der Waals surface area contributed by atoms with Crippen LogP contribution >= 0.6 is 11.3 Å². The molecule has 1 N–H and O–H groups in total. The molecule has 112 valence electrons. The van der Waals surface area contributed by atoms with E-state index in [1.165, 1.54) is 24.2 Å². The van der Waals surface area contributed by atoms with Gasteiger partial charge in [-0.05, 0) is 18.9 Å². The Balaban J connectivity index is 1.75. The van der Waals surface area contributed by atoms with Gasteiger partial charge in [-0.3, -0.25) is 4.79 Å². The van der Waals surface area contributed by atoms with E-state index in [4.69, 9.17) is 9.84 Å². The van der Waals surface area contributed by atoms with Gasteiger partial charge in [0.1, 0.15) is 6.61 Å². The van der Waals surface area contributed by atoms with Crippen molar-refractivity contribution in [2.45, 2.75) is 37.8 Å². The van der Waals surface area contributed by atoms with E-state index in [2.05, 4.69) is 11.8 Å². The Morgan fingerprint density at radius 3 is 3.19 bits per heavy atom. The topological polar surface area (TPSA) is 49.8 Å². The minimum atomic E-state index is -0.158. The van der Waals surface area contributed by atoms with Crippen molar-refractivity contribution in [2.75, 3.05) is 19.8 Å². The Morgan fingerprint density at radius 1 is 1.48 bits per heavy atom. The van der Waals surface area contributed by atoms with Gasteiger partial charge in [0.05, 0.1) is 29.2 Å². The first-order chi connectivity index (χ1) is 10.3. The van der Waals surface area contributed by atoms with Gasteiger partial charge in [0.15, 0.2) is 0 Å². The number of hydrogen-bond acceptors (Lipinski definition) is 4. The van der Waals surface area contributed by atoms with Gasteiger partial charge in [-0.1, -0.05) is 24.7 Å². The number of amides is 1. The van der Waals surface area contributed by atoms with Crippen molar-refractivity contribution in [3.05, 3.63) is 21.9 Å². The van der Waals surface area contributed by atoms with Gasteiger partial charge in [-0.15, -0.1) is 11.3 Å². The molecule has 4 nitrogen and oxygen atoms in total. The summed E-state index contributed by atoms with van der Waals surface area (Å²) in [6.45, 7) is 1.15. The minimum Gasteiger partial charge on any atom is -0.384 e. The predicted octanol–water partition coefficient (Wildman–Crippen LogP) is 1.88. The molecule has 2 atom stereocenters. The van der Waals surface area contributed by atoms with Crippen LogP contribution in [0.3, 0.4) is 0 Å². The highest BCUT2D eigenvalue weighted by molar-refractivity contribution is 7.10. The number of hydrogen-bond donors (Lipinski definition) is 1. The summed E-state index contributed by atoms with van der Waals surface area (Å²) < 4.78 is 5.82. The quantitative estimate of drug-likeness (QED) is 0.806. The molecule has 1 aromatic heterocycles. The molecule has 0 spiro atoms. The maximum Gasteiger partial charge on any atom is 0.255 e. The molecule has 1 aliphatic heterocycles. The molecule has 21 heavy (non-hydrogen) atoms. The molecule has 2 heterocycles. The Kier molecular flexibility index (Phi) is 4.59. The Morgan fingerprint density at radius 2 is 2.33 bits per heavy atom. The number of aliphatic hydroxyl groups is 1. The van der Waals surface area contributed by atoms with Gasteiger partial charge in [-0.2, -0.15) is 0 Å². The van der Waals surface area contributed by atoms with E-state index in [0.717, 1.165) is 17.7 Å². The molecule has 2 aliphatic rings. The second kappa shape index (κ2) is 6.61. The first-order valence-corrected chi connectivity index (χ1v) is 8.28. The van der Waals surface area contributed by atoms with Crippen LogP contribution in [-0.2, 0) is 4.74 Å². The van der Waals surface area contributed by atoms with Gasteiger partial charge in [0.25, 0.3) is 5.91 Å². The molecular formula is C16H19NO3S. The first kappa shape index (κ1) is 14.6. The number of carbonyl (C=O) groups is 1. The van der Waals surface area contributed by atoms with Crippen LogP contribution in [0.2, 0.25) is 0 Å². The van der Waals surface area contributed by atoms with E-state index in [9.17, 15) is 4.79 Å². The van der Waals surface area contributed by atoms with Crippen LogP contribution in [0.15, 0.2) is 11.4 Å². The summed E-state index contributed by atoms with van der Waals surface area (Å²) in [5.41, 5.74) is 0.702. The van der Waals surface area contributed by atoms with Crippen molar-refractivity contribution in [2.24, 2.45) is 0 Å². The third-order valence-corrected chi connectivity index (χ3v) is 4.98. The lowest BCUT2D eigenvalue weighted by atomic mass is 9.90. The molecule has 1 aromatic rings. The number of rotatable bonds is 1. The van der Waals surface area contributed by atoms with E-state index >= 15 is 0 Å². The van der Waals surface area contributed by atoms with Crippen molar-refractivity contribution >= 4 is 17.2 Å². The number of fused-ring (bicyclic) bond motifs is 1. The lowest BCUT2D eigenvalue weighted by Crippen LogP contribution is -2.54. The molecule has 0 aromatic carbocycles. The summed E-state index contributed by atoms with van der Waals surface area (Å²) in [5.74, 6) is 5.55. The summed E-state index contributed by atoms with van der Waals surface area (Å²) in [6.07, 6.45) is 4.68. The zero-order valence-corrected chi connectivity index (χ0v) is 12.7. The lowest BCUT2D eigenvalue weighted by molar-refractivity contribution is -0.0752. The molecule has 2 fully saturated rings.